The predicted octanol–water partition coefficient (Wildman–Crippen LogP) is 2.62. The third kappa shape index (κ3) is 2.78. The van der Waals surface area contributed by atoms with Crippen LogP contribution in [0.1, 0.15) is 19.7 Å². The Balaban J connectivity index is 1.49. The Morgan fingerprint density at radius 2 is 2.17 bits per heavy atom. The van der Waals surface area contributed by atoms with Gasteiger partial charge in [-0.1, -0.05) is 0 Å². The summed E-state index contributed by atoms with van der Waals surface area (Å²) in [5, 5.41) is 3.26. The first kappa shape index (κ1) is 15.5. The van der Waals surface area contributed by atoms with E-state index in [1.54, 1.807) is 17.7 Å². The molecule has 3 aromatic heterocycles. The van der Waals surface area contributed by atoms with Crippen LogP contribution >= 0.6 is 11.3 Å². The van der Waals surface area contributed by atoms with Crippen molar-refractivity contribution in [3.8, 4) is 0 Å². The van der Waals surface area contributed by atoms with E-state index in [9.17, 15) is 0 Å². The normalized spacial score (nSPS) is 19.2. The largest absolute Gasteiger partial charge is 0.353 e. The zero-order valence-corrected chi connectivity index (χ0v) is 14.9. The number of nitrogens with zero attached hydrogens (tertiary/aromatic N) is 6. The van der Waals surface area contributed by atoms with Gasteiger partial charge >= 0.3 is 0 Å². The Kier molecular flexibility index (Phi) is 4.20. The molecule has 0 aliphatic carbocycles. The van der Waals surface area contributed by atoms with E-state index in [-0.39, 0.29) is 0 Å². The van der Waals surface area contributed by atoms with E-state index in [1.807, 2.05) is 6.20 Å². The first-order chi connectivity index (χ1) is 11.8. The van der Waals surface area contributed by atoms with E-state index in [0.29, 0.717) is 6.04 Å². The van der Waals surface area contributed by atoms with Gasteiger partial charge in [-0.15, -0.1) is 11.3 Å². The molecule has 0 N–H and O–H groups in total. The Morgan fingerprint density at radius 3 is 3.00 bits per heavy atom. The van der Waals surface area contributed by atoms with Crippen LogP contribution in [0.5, 0.6) is 0 Å². The van der Waals surface area contributed by atoms with Gasteiger partial charge in [-0.05, 0) is 25.3 Å². The maximum absolute atomic E-state index is 4.55. The summed E-state index contributed by atoms with van der Waals surface area (Å²) >= 11 is 1.67. The molecule has 0 radical (unpaired) electrons. The molecule has 126 valence electrons. The van der Waals surface area contributed by atoms with E-state index < -0.39 is 0 Å². The van der Waals surface area contributed by atoms with Crippen LogP contribution in [0.15, 0.2) is 30.2 Å². The smallest absolute Gasteiger partial charge is 0.140 e. The molecule has 4 heterocycles. The summed E-state index contributed by atoms with van der Waals surface area (Å²) < 4.78 is 2.22. The molecule has 4 rings (SSSR count). The minimum absolute atomic E-state index is 0.462. The second-order valence-corrected chi connectivity index (χ2v) is 7.13. The van der Waals surface area contributed by atoms with Crippen LogP contribution < -0.4 is 4.90 Å². The van der Waals surface area contributed by atoms with Gasteiger partial charge in [-0.25, -0.2) is 15.0 Å². The maximum atomic E-state index is 4.55. The zero-order valence-electron chi connectivity index (χ0n) is 14.1. The van der Waals surface area contributed by atoms with Crippen LogP contribution in [0.25, 0.3) is 10.2 Å². The van der Waals surface area contributed by atoms with E-state index in [0.717, 1.165) is 49.2 Å². The lowest BCUT2D eigenvalue weighted by Gasteiger charge is -2.40. The lowest BCUT2D eigenvalue weighted by molar-refractivity contribution is 0.174. The fraction of sp³-hybridized carbons (Fsp3) is 0.471. The van der Waals surface area contributed by atoms with Crippen molar-refractivity contribution in [1.82, 2.24) is 24.4 Å². The molecule has 24 heavy (non-hydrogen) atoms. The fourth-order valence-electron chi connectivity index (χ4n) is 3.41. The average molecular weight is 342 g/mol. The predicted molar refractivity (Wildman–Crippen MR) is 97.4 cm³/mol. The molecule has 0 bridgehead atoms. The summed E-state index contributed by atoms with van der Waals surface area (Å²) in [5.74, 6) is 2.22. The van der Waals surface area contributed by atoms with Crippen molar-refractivity contribution in [1.29, 1.82) is 0 Å². The minimum atomic E-state index is 0.462. The highest BCUT2D eigenvalue weighted by Crippen LogP contribution is 2.28. The van der Waals surface area contributed by atoms with Crippen LogP contribution in [0.2, 0.25) is 0 Å². The molecule has 6 nitrogen and oxygen atoms in total. The molecule has 7 heteroatoms. The molecule has 0 amide bonds. The number of piperazine rings is 1. The topological polar surface area (TPSA) is 50.1 Å². The molecule has 0 spiro atoms. The van der Waals surface area contributed by atoms with Crippen molar-refractivity contribution in [2.75, 3.05) is 24.5 Å². The molecule has 0 saturated carbocycles. The molecule has 1 aliphatic rings. The van der Waals surface area contributed by atoms with Crippen molar-refractivity contribution >= 4 is 27.4 Å². The minimum Gasteiger partial charge on any atom is -0.353 e. The Hall–Kier alpha value is -1.99. The van der Waals surface area contributed by atoms with Crippen LogP contribution in [0.3, 0.4) is 0 Å². The molecule has 0 aromatic carbocycles. The highest BCUT2D eigenvalue weighted by molar-refractivity contribution is 7.16. The quantitative estimate of drug-likeness (QED) is 0.729. The summed E-state index contributed by atoms with van der Waals surface area (Å²) in [7, 11) is 0. The number of rotatable bonds is 4. The monoisotopic (exact) mass is 342 g/mol. The molecule has 3 aromatic rings. The van der Waals surface area contributed by atoms with Gasteiger partial charge in [0.2, 0.25) is 0 Å². The van der Waals surface area contributed by atoms with Crippen molar-refractivity contribution in [2.45, 2.75) is 33.0 Å². The van der Waals surface area contributed by atoms with Crippen molar-refractivity contribution in [2.24, 2.45) is 0 Å². The highest BCUT2D eigenvalue weighted by Gasteiger charge is 2.26. The van der Waals surface area contributed by atoms with Gasteiger partial charge in [0.1, 0.15) is 22.8 Å². The summed E-state index contributed by atoms with van der Waals surface area (Å²) in [5.41, 5.74) is 0. The number of aromatic nitrogens is 4. The number of thiophene rings is 1. The summed E-state index contributed by atoms with van der Waals surface area (Å²) in [4.78, 5) is 19.4. The number of hydrogen-bond acceptors (Lipinski definition) is 6. The Bertz CT molecular complexity index is 825. The van der Waals surface area contributed by atoms with Gasteiger partial charge in [0.25, 0.3) is 0 Å². The van der Waals surface area contributed by atoms with Gasteiger partial charge in [-0.3, -0.25) is 4.90 Å². The van der Waals surface area contributed by atoms with Gasteiger partial charge in [0.05, 0.1) is 11.9 Å². The standard InChI is InChI=1S/C17H22N6S/c1-3-21-6-5-18-15(21)11-22-7-8-23(10-13(22)2)16-14-4-9-24-17(14)20-12-19-16/h4-6,9,12-13H,3,7-8,10-11H2,1-2H3. The molecule has 1 aliphatic heterocycles. The molecule has 1 atom stereocenters. The van der Waals surface area contributed by atoms with Crippen molar-refractivity contribution in [3.63, 3.8) is 0 Å². The number of anilines is 1. The molecule has 1 fully saturated rings. The number of fused-ring (bicyclic) bond motifs is 1. The van der Waals surface area contributed by atoms with Gasteiger partial charge in [0, 0.05) is 44.6 Å². The maximum Gasteiger partial charge on any atom is 0.140 e. The van der Waals surface area contributed by atoms with Crippen LogP contribution in [0, 0.1) is 0 Å². The second kappa shape index (κ2) is 6.49. The number of imidazole rings is 1. The molecular formula is C17H22N6S. The summed E-state index contributed by atoms with van der Waals surface area (Å²) in [6.45, 7) is 9.32. The number of hydrogen-bond donors (Lipinski definition) is 0. The third-order valence-electron chi connectivity index (χ3n) is 4.79. The second-order valence-electron chi connectivity index (χ2n) is 6.23. The lowest BCUT2D eigenvalue weighted by Crippen LogP contribution is -2.52. The number of aryl methyl sites for hydroxylation is 1. The van der Waals surface area contributed by atoms with E-state index in [2.05, 4.69) is 60.8 Å². The van der Waals surface area contributed by atoms with Gasteiger partial charge < -0.3 is 9.47 Å². The van der Waals surface area contributed by atoms with Crippen LogP contribution in [-0.2, 0) is 13.1 Å². The average Bonchev–Trinajstić information content (AvgIpc) is 3.24. The molecule has 1 unspecified atom stereocenters. The Morgan fingerprint density at radius 1 is 1.25 bits per heavy atom. The van der Waals surface area contributed by atoms with E-state index in [1.165, 1.54) is 5.39 Å². The molecular weight excluding hydrogens is 320 g/mol. The fourth-order valence-corrected chi connectivity index (χ4v) is 4.14. The SMILES string of the molecule is CCn1ccnc1CN1CCN(c2ncnc3sccc23)CC1C. The zero-order chi connectivity index (χ0) is 16.5. The highest BCUT2D eigenvalue weighted by atomic mass is 32.1. The van der Waals surface area contributed by atoms with Crippen LogP contribution in [0.4, 0.5) is 5.82 Å². The Labute approximate surface area is 145 Å². The van der Waals surface area contributed by atoms with Crippen molar-refractivity contribution in [3.05, 3.63) is 36.0 Å². The van der Waals surface area contributed by atoms with Gasteiger partial charge in [0.15, 0.2) is 0 Å². The summed E-state index contributed by atoms with van der Waals surface area (Å²) in [6, 6.07) is 2.59. The van der Waals surface area contributed by atoms with Crippen molar-refractivity contribution < 1.29 is 0 Å². The first-order valence-corrected chi connectivity index (χ1v) is 9.31. The lowest BCUT2D eigenvalue weighted by atomic mass is 10.1. The molecule has 1 saturated heterocycles. The third-order valence-corrected chi connectivity index (χ3v) is 5.61. The van der Waals surface area contributed by atoms with Gasteiger partial charge in [-0.2, -0.15) is 0 Å². The first-order valence-electron chi connectivity index (χ1n) is 8.43. The van der Waals surface area contributed by atoms with E-state index in [4.69, 9.17) is 0 Å². The van der Waals surface area contributed by atoms with Crippen LogP contribution in [-0.4, -0.2) is 50.1 Å². The van der Waals surface area contributed by atoms with E-state index >= 15 is 0 Å². The summed E-state index contributed by atoms with van der Waals surface area (Å²) in [6.07, 6.45) is 5.64.